The number of hydrogen-bond acceptors (Lipinski definition) is 0. The van der Waals surface area contributed by atoms with Crippen molar-refractivity contribution in [2.75, 3.05) is 0 Å². The third-order valence-electron chi connectivity index (χ3n) is 0. The topological polar surface area (TPSA) is 57.0 Å². The van der Waals surface area contributed by atoms with Crippen molar-refractivity contribution in [2.45, 2.75) is 0 Å². The van der Waals surface area contributed by atoms with Crippen molar-refractivity contribution in [1.82, 2.24) is 0 Å². The molecule has 0 bridgehead atoms. The molecule has 0 unspecified atom stereocenters. The Balaban J connectivity index is 0. The van der Waals surface area contributed by atoms with Gasteiger partial charge in [0.1, 0.15) is 0 Å². The van der Waals surface area contributed by atoms with Gasteiger partial charge in [-0.3, -0.25) is 0 Å². The van der Waals surface area contributed by atoms with Gasteiger partial charge in [0.15, 0.2) is 0 Å². The number of rotatable bonds is 0. The maximum atomic E-state index is 0. The Kier molecular flexibility index (Phi) is 130. The average molecular weight is 214 g/mol. The monoisotopic (exact) mass is 214 g/mol. The van der Waals surface area contributed by atoms with Crippen molar-refractivity contribution in [3.05, 3.63) is 0 Å². The molecule has 4 heteroatoms. The van der Waals surface area contributed by atoms with E-state index in [0.29, 0.717) is 0 Å². The largest absolute Gasteiger partial charge is 4.00 e. The second kappa shape index (κ2) is 17.3. The summed E-state index contributed by atoms with van der Waals surface area (Å²) in [5.41, 5.74) is 0. The minimum atomic E-state index is 0. The molecular weight excluding hydrogens is 213 g/mol. The molecule has 2 nitrogen and oxygen atoms in total. The minimum absolute atomic E-state index is 0. The molecule has 0 saturated carbocycles. The predicted octanol–water partition coefficient (Wildman–Crippen LogP) is -0.889. The van der Waals surface area contributed by atoms with Crippen molar-refractivity contribution in [2.24, 2.45) is 0 Å². The van der Waals surface area contributed by atoms with E-state index in [1.807, 2.05) is 0 Å². The van der Waals surface area contributed by atoms with E-state index in [4.69, 9.17) is 0 Å². The molecule has 0 spiro atoms. The van der Waals surface area contributed by atoms with E-state index >= 15 is 0 Å². The Hall–Kier alpha value is 2.69. The van der Waals surface area contributed by atoms with E-state index in [1.54, 1.807) is 0 Å². The van der Waals surface area contributed by atoms with E-state index in [2.05, 4.69) is 0 Å². The Morgan fingerprint density at radius 1 is 0.750 bits per heavy atom. The first-order valence-corrected chi connectivity index (χ1v) is 0. The van der Waals surface area contributed by atoms with Crippen LogP contribution in [0.1, 0.15) is 0 Å². The van der Waals surface area contributed by atoms with Crippen LogP contribution < -0.4 is 0 Å². The van der Waals surface area contributed by atoms with Crippen LogP contribution in [0.25, 0.3) is 0 Å². The van der Waals surface area contributed by atoms with Gasteiger partial charge in [0.2, 0.25) is 0 Å². The second-order valence-electron chi connectivity index (χ2n) is 0. The summed E-state index contributed by atoms with van der Waals surface area (Å²) < 4.78 is 0. The molecule has 0 aliphatic heterocycles. The van der Waals surface area contributed by atoms with Gasteiger partial charge in [-0.05, 0) is 0 Å². The quantitative estimate of drug-likeness (QED) is 0.469. The molecule has 0 aromatic heterocycles. The van der Waals surface area contributed by atoms with Gasteiger partial charge in [0, 0.05) is 0 Å². The van der Waals surface area contributed by atoms with E-state index < -0.39 is 0 Å². The fraction of sp³-hybridized carbons (Fsp3) is 0. The smallest absolute Gasteiger partial charge is 2.00 e. The van der Waals surface area contributed by atoms with Crippen LogP contribution in [0.2, 0.25) is 0 Å². The van der Waals surface area contributed by atoms with Crippen molar-refractivity contribution < 1.29 is 32.7 Å². The summed E-state index contributed by atoms with van der Waals surface area (Å²) in [6.45, 7) is 0. The van der Waals surface area contributed by atoms with Crippen LogP contribution >= 0.6 is 0 Å². The summed E-state index contributed by atoms with van der Waals surface area (Å²) >= 11 is 0. The van der Waals surface area contributed by atoms with Gasteiger partial charge in [-0.2, -0.15) is 0 Å². The first-order chi connectivity index (χ1) is 0. The summed E-state index contributed by atoms with van der Waals surface area (Å²) in [5, 5.41) is 0. The molecule has 4 heavy (non-hydrogen) atoms. The van der Waals surface area contributed by atoms with E-state index in [1.165, 1.54) is 0 Å². The maximum absolute atomic E-state index is 0. The normalized spacial score (nSPS) is 0. The fourth-order valence-corrected chi connectivity index (χ4v) is 0. The second-order valence-corrected chi connectivity index (χ2v) is 0. The van der Waals surface area contributed by atoms with E-state index in [-0.39, 0.29) is 102 Å². The van der Waals surface area contributed by atoms with Crippen molar-refractivity contribution in [3.63, 3.8) is 0 Å². The fourth-order valence-electron chi connectivity index (χ4n) is 0. The SMILES string of the molecule is [CsH].[O-2].[O-2].[Ti+4]. The summed E-state index contributed by atoms with van der Waals surface area (Å²) in [4.78, 5) is 0. The van der Waals surface area contributed by atoms with Crippen molar-refractivity contribution >= 4 is 68.9 Å². The third kappa shape index (κ3) is 8.82. The summed E-state index contributed by atoms with van der Waals surface area (Å²) in [6, 6.07) is 0. The summed E-state index contributed by atoms with van der Waals surface area (Å²) in [5.74, 6) is 0. The van der Waals surface area contributed by atoms with Crippen molar-refractivity contribution in [3.8, 4) is 0 Å². The average Bonchev–Trinajstić information content (AvgIpc) is 0. The molecule has 0 aromatic rings. The van der Waals surface area contributed by atoms with Crippen LogP contribution in [0.4, 0.5) is 0 Å². The maximum Gasteiger partial charge on any atom is 4.00 e. The van der Waals surface area contributed by atoms with Crippen molar-refractivity contribution in [1.29, 1.82) is 0 Å². The zero-order valence-electron chi connectivity index (χ0n) is 1.32. The van der Waals surface area contributed by atoms with Crippen LogP contribution in [0, 0.1) is 0 Å². The molecule has 0 rings (SSSR count). The molecule has 0 heterocycles. The molecule has 0 aliphatic rings. The molecule has 0 fully saturated rings. The Labute approximate surface area is 98.6 Å². The first-order valence-electron chi connectivity index (χ1n) is 0. The van der Waals surface area contributed by atoms with Gasteiger partial charge in [-0.1, -0.05) is 0 Å². The van der Waals surface area contributed by atoms with Crippen LogP contribution in [-0.2, 0) is 32.7 Å². The molecule has 0 radical (unpaired) electrons. The Bertz CT molecular complexity index is 6.00. The van der Waals surface area contributed by atoms with E-state index in [0.717, 1.165) is 0 Å². The zero-order chi connectivity index (χ0) is 0. The Morgan fingerprint density at radius 2 is 0.750 bits per heavy atom. The molecule has 0 atom stereocenters. The summed E-state index contributed by atoms with van der Waals surface area (Å²) in [6.07, 6.45) is 0. The van der Waals surface area contributed by atoms with Gasteiger partial charge in [-0.15, -0.1) is 0 Å². The Morgan fingerprint density at radius 3 is 0.750 bits per heavy atom. The van der Waals surface area contributed by atoms with Gasteiger partial charge in [-0.25, -0.2) is 0 Å². The molecule has 0 amide bonds. The molecule has 0 aliphatic carbocycles. The van der Waals surface area contributed by atoms with Gasteiger partial charge >= 0.3 is 90.6 Å². The number of hydrogen-bond donors (Lipinski definition) is 0. The molecule has 18 valence electrons. The van der Waals surface area contributed by atoms with Gasteiger partial charge in [0.25, 0.3) is 0 Å². The van der Waals surface area contributed by atoms with Gasteiger partial charge in [0.05, 0.1) is 0 Å². The third-order valence-corrected chi connectivity index (χ3v) is 0. The van der Waals surface area contributed by atoms with Crippen LogP contribution in [-0.4, -0.2) is 68.9 Å². The molecular formula is HCsO2Ti. The molecule has 0 N–H and O–H groups in total. The van der Waals surface area contributed by atoms with Crippen LogP contribution in [0.3, 0.4) is 0 Å². The predicted molar refractivity (Wildman–Crippen MR) is 8.52 cm³/mol. The first kappa shape index (κ1) is 30.0. The van der Waals surface area contributed by atoms with Gasteiger partial charge < -0.3 is 11.0 Å². The van der Waals surface area contributed by atoms with E-state index in [9.17, 15) is 0 Å². The standard InChI is InChI=1S/Cs.2O.Ti.H/q;2*-2;+4;. The molecule has 0 aromatic carbocycles. The summed E-state index contributed by atoms with van der Waals surface area (Å²) in [7, 11) is 0. The van der Waals surface area contributed by atoms with Crippen LogP contribution in [0.5, 0.6) is 0 Å². The zero-order valence-corrected chi connectivity index (χ0v) is 2.88. The van der Waals surface area contributed by atoms with Crippen LogP contribution in [0.15, 0.2) is 0 Å². The minimum Gasteiger partial charge on any atom is -2.00 e. The molecule has 0 saturated heterocycles.